The number of H-pyrrole nitrogens is 1. The van der Waals surface area contributed by atoms with Gasteiger partial charge < -0.3 is 19.8 Å². The number of aryl methyl sites for hydroxylation is 1. The molecule has 11 heteroatoms. The van der Waals surface area contributed by atoms with E-state index in [1.807, 2.05) is 0 Å². The molecule has 1 heterocycles. The monoisotopic (exact) mass is 462 g/mol. The van der Waals surface area contributed by atoms with Crippen LogP contribution in [0.25, 0.3) is 11.4 Å². The summed E-state index contributed by atoms with van der Waals surface area (Å²) in [4.78, 5) is 27.1. The Morgan fingerprint density at radius 3 is 2.36 bits per heavy atom. The van der Waals surface area contributed by atoms with Gasteiger partial charge in [-0.2, -0.15) is 13.2 Å². The minimum Gasteiger partial charge on any atom is -0.497 e. The molecule has 33 heavy (non-hydrogen) atoms. The average molecular weight is 462 g/mol. The highest BCUT2D eigenvalue weighted by molar-refractivity contribution is 5.76. The Bertz CT molecular complexity index is 1170. The number of ether oxygens (including phenoxy) is 2. The zero-order valence-electron chi connectivity index (χ0n) is 17.8. The SMILES string of the molecule is COc1cc(OC)cc(-c2nnc(CCC(=O)NCc3cccc(C(F)(F)F)c3)c(=O)[nH]2)c1. The van der Waals surface area contributed by atoms with Crippen molar-refractivity contribution in [3.8, 4) is 22.9 Å². The predicted molar refractivity (Wildman–Crippen MR) is 113 cm³/mol. The molecule has 1 aromatic heterocycles. The average Bonchev–Trinajstić information content (AvgIpc) is 2.81. The van der Waals surface area contributed by atoms with E-state index in [1.54, 1.807) is 18.2 Å². The van der Waals surface area contributed by atoms with Gasteiger partial charge in [0.1, 0.15) is 17.2 Å². The summed E-state index contributed by atoms with van der Waals surface area (Å²) in [5.41, 5.74) is -0.393. The Balaban J connectivity index is 1.61. The van der Waals surface area contributed by atoms with E-state index < -0.39 is 23.2 Å². The normalized spacial score (nSPS) is 11.2. The smallest absolute Gasteiger partial charge is 0.416 e. The molecule has 0 radical (unpaired) electrons. The van der Waals surface area contributed by atoms with Gasteiger partial charge in [-0.1, -0.05) is 12.1 Å². The number of carbonyl (C=O) groups excluding carboxylic acids is 1. The maximum absolute atomic E-state index is 12.8. The number of aromatic nitrogens is 3. The molecular formula is C22H21F3N4O4. The number of nitrogens with zero attached hydrogens (tertiary/aromatic N) is 2. The fourth-order valence-electron chi connectivity index (χ4n) is 2.98. The van der Waals surface area contributed by atoms with Crippen LogP contribution < -0.4 is 20.3 Å². The third kappa shape index (κ3) is 6.31. The Labute approximate surface area is 186 Å². The number of benzene rings is 2. The number of hydrogen-bond donors (Lipinski definition) is 2. The summed E-state index contributed by atoms with van der Waals surface area (Å²) in [5, 5.41) is 10.5. The maximum atomic E-state index is 12.8. The standard InChI is InChI=1S/C22H21F3N4O4/c1-32-16-9-14(10-17(11-16)33-2)20-27-21(31)18(28-29-20)6-7-19(30)26-12-13-4-3-5-15(8-13)22(23,24)25/h3-5,8-11H,6-7,12H2,1-2H3,(H,26,30)(H,27,29,31). The zero-order valence-corrected chi connectivity index (χ0v) is 17.8. The van der Waals surface area contributed by atoms with Gasteiger partial charge in [-0.25, -0.2) is 0 Å². The Morgan fingerprint density at radius 1 is 1.06 bits per heavy atom. The molecule has 174 valence electrons. The van der Waals surface area contributed by atoms with Crippen LogP contribution in [0.15, 0.2) is 47.3 Å². The van der Waals surface area contributed by atoms with Gasteiger partial charge in [0.25, 0.3) is 5.56 Å². The fourth-order valence-corrected chi connectivity index (χ4v) is 2.98. The van der Waals surface area contributed by atoms with Crippen molar-refractivity contribution in [1.29, 1.82) is 0 Å². The lowest BCUT2D eigenvalue weighted by Gasteiger charge is -2.10. The first-order chi connectivity index (χ1) is 15.7. The molecule has 0 unspecified atom stereocenters. The summed E-state index contributed by atoms with van der Waals surface area (Å²) in [7, 11) is 2.99. The number of methoxy groups -OCH3 is 2. The largest absolute Gasteiger partial charge is 0.497 e. The molecule has 0 bridgehead atoms. The van der Waals surface area contributed by atoms with E-state index in [4.69, 9.17) is 9.47 Å². The maximum Gasteiger partial charge on any atom is 0.416 e. The van der Waals surface area contributed by atoms with E-state index in [1.165, 1.54) is 26.4 Å². The van der Waals surface area contributed by atoms with E-state index in [9.17, 15) is 22.8 Å². The van der Waals surface area contributed by atoms with Crippen molar-refractivity contribution in [3.63, 3.8) is 0 Å². The second-order valence-electron chi connectivity index (χ2n) is 7.03. The number of alkyl halides is 3. The van der Waals surface area contributed by atoms with Crippen molar-refractivity contribution in [2.24, 2.45) is 0 Å². The summed E-state index contributed by atoms with van der Waals surface area (Å²) in [6, 6.07) is 9.68. The predicted octanol–water partition coefficient (Wildman–Crippen LogP) is 3.12. The van der Waals surface area contributed by atoms with Crippen molar-refractivity contribution in [2.45, 2.75) is 25.6 Å². The molecule has 1 amide bonds. The number of aromatic amines is 1. The van der Waals surface area contributed by atoms with Crippen LogP contribution in [0.3, 0.4) is 0 Å². The van der Waals surface area contributed by atoms with Crippen LogP contribution in [0.2, 0.25) is 0 Å². The summed E-state index contributed by atoms with van der Waals surface area (Å²) in [6.07, 6.45) is -4.52. The molecule has 0 aliphatic heterocycles. The number of nitrogens with one attached hydrogen (secondary N) is 2. The zero-order chi connectivity index (χ0) is 24.0. The number of rotatable bonds is 8. The molecule has 0 fully saturated rings. The van der Waals surface area contributed by atoms with E-state index in [-0.39, 0.29) is 30.9 Å². The summed E-state index contributed by atoms with van der Waals surface area (Å²) < 4.78 is 48.7. The van der Waals surface area contributed by atoms with E-state index in [0.29, 0.717) is 22.6 Å². The van der Waals surface area contributed by atoms with Crippen molar-refractivity contribution in [3.05, 3.63) is 69.6 Å². The van der Waals surface area contributed by atoms with Crippen LogP contribution in [0.5, 0.6) is 11.5 Å². The van der Waals surface area contributed by atoms with Crippen LogP contribution in [-0.4, -0.2) is 35.3 Å². The third-order valence-corrected chi connectivity index (χ3v) is 4.72. The lowest BCUT2D eigenvalue weighted by Crippen LogP contribution is -2.25. The summed E-state index contributed by atoms with van der Waals surface area (Å²) >= 11 is 0. The molecule has 0 atom stereocenters. The molecule has 8 nitrogen and oxygen atoms in total. The molecule has 0 saturated carbocycles. The highest BCUT2D eigenvalue weighted by Crippen LogP contribution is 2.29. The van der Waals surface area contributed by atoms with Gasteiger partial charge in [0, 0.05) is 31.0 Å². The highest BCUT2D eigenvalue weighted by Gasteiger charge is 2.30. The van der Waals surface area contributed by atoms with Gasteiger partial charge in [-0.05, 0) is 29.8 Å². The first kappa shape index (κ1) is 23.8. The quantitative estimate of drug-likeness (QED) is 0.533. The fraction of sp³-hybridized carbons (Fsp3) is 0.273. The summed E-state index contributed by atoms with van der Waals surface area (Å²) in [5.74, 6) is 0.784. The number of halogens is 3. The lowest BCUT2D eigenvalue weighted by atomic mass is 10.1. The van der Waals surface area contributed by atoms with Gasteiger partial charge in [0.05, 0.1) is 19.8 Å². The molecule has 0 saturated heterocycles. The Morgan fingerprint density at radius 2 is 1.76 bits per heavy atom. The molecule has 0 aliphatic rings. The van der Waals surface area contributed by atoms with Gasteiger partial charge >= 0.3 is 6.18 Å². The molecule has 3 aromatic rings. The van der Waals surface area contributed by atoms with Gasteiger partial charge in [0.15, 0.2) is 5.82 Å². The number of hydrogen-bond acceptors (Lipinski definition) is 6. The Kier molecular flexibility index (Phi) is 7.31. The van der Waals surface area contributed by atoms with Crippen LogP contribution in [0.1, 0.15) is 23.2 Å². The van der Waals surface area contributed by atoms with Gasteiger partial charge in [0.2, 0.25) is 5.91 Å². The topological polar surface area (TPSA) is 106 Å². The number of carbonyl (C=O) groups is 1. The van der Waals surface area contributed by atoms with Gasteiger partial charge in [-0.3, -0.25) is 9.59 Å². The van der Waals surface area contributed by atoms with Crippen molar-refractivity contribution < 1.29 is 27.4 Å². The third-order valence-electron chi connectivity index (χ3n) is 4.72. The Hall–Kier alpha value is -3.89. The van der Waals surface area contributed by atoms with E-state index in [2.05, 4.69) is 20.5 Å². The minimum absolute atomic E-state index is 0.0124. The highest BCUT2D eigenvalue weighted by atomic mass is 19.4. The van der Waals surface area contributed by atoms with E-state index >= 15 is 0 Å². The number of amides is 1. The first-order valence-corrected chi connectivity index (χ1v) is 9.81. The van der Waals surface area contributed by atoms with Crippen LogP contribution in [0, 0.1) is 0 Å². The van der Waals surface area contributed by atoms with Crippen molar-refractivity contribution >= 4 is 5.91 Å². The van der Waals surface area contributed by atoms with Gasteiger partial charge in [-0.15, -0.1) is 10.2 Å². The first-order valence-electron chi connectivity index (χ1n) is 9.81. The molecule has 0 spiro atoms. The van der Waals surface area contributed by atoms with Crippen molar-refractivity contribution in [2.75, 3.05) is 14.2 Å². The molecule has 3 rings (SSSR count). The van der Waals surface area contributed by atoms with Crippen LogP contribution >= 0.6 is 0 Å². The van der Waals surface area contributed by atoms with Crippen molar-refractivity contribution in [1.82, 2.24) is 20.5 Å². The van der Waals surface area contributed by atoms with E-state index in [0.717, 1.165) is 12.1 Å². The molecular weight excluding hydrogens is 441 g/mol. The molecule has 2 aromatic carbocycles. The van der Waals surface area contributed by atoms with Crippen LogP contribution in [-0.2, 0) is 23.9 Å². The minimum atomic E-state index is -4.46. The molecule has 2 N–H and O–H groups in total. The summed E-state index contributed by atoms with van der Waals surface area (Å²) in [6.45, 7) is -0.0681. The lowest BCUT2D eigenvalue weighted by molar-refractivity contribution is -0.137. The second-order valence-corrected chi connectivity index (χ2v) is 7.03. The molecule has 0 aliphatic carbocycles. The second kappa shape index (κ2) is 10.2. The van der Waals surface area contributed by atoms with Crippen LogP contribution in [0.4, 0.5) is 13.2 Å².